The average molecular weight is 214 g/mol. The SMILES string of the molecule is O=C(O)CCCCCC1CC1CC(=O)O. The van der Waals surface area contributed by atoms with Crippen LogP contribution in [0.15, 0.2) is 0 Å². The molecule has 2 atom stereocenters. The molecule has 1 aliphatic rings. The zero-order valence-electron chi connectivity index (χ0n) is 8.82. The summed E-state index contributed by atoms with van der Waals surface area (Å²) in [5.41, 5.74) is 0. The third kappa shape index (κ3) is 5.40. The maximum absolute atomic E-state index is 10.4. The molecule has 2 N–H and O–H groups in total. The van der Waals surface area contributed by atoms with Gasteiger partial charge in [0.2, 0.25) is 0 Å². The summed E-state index contributed by atoms with van der Waals surface area (Å²) in [7, 11) is 0. The van der Waals surface area contributed by atoms with Gasteiger partial charge < -0.3 is 10.2 Å². The summed E-state index contributed by atoms with van der Waals surface area (Å²) in [5.74, 6) is -0.452. The molecule has 0 bridgehead atoms. The van der Waals surface area contributed by atoms with Crippen LogP contribution in [0.3, 0.4) is 0 Å². The van der Waals surface area contributed by atoms with Gasteiger partial charge in [-0.25, -0.2) is 0 Å². The lowest BCUT2D eigenvalue weighted by Gasteiger charge is -1.98. The monoisotopic (exact) mass is 214 g/mol. The molecule has 0 saturated heterocycles. The number of aliphatic carboxylic acids is 2. The van der Waals surface area contributed by atoms with Gasteiger partial charge in [0, 0.05) is 12.8 Å². The smallest absolute Gasteiger partial charge is 0.303 e. The van der Waals surface area contributed by atoms with Crippen molar-refractivity contribution >= 4 is 11.9 Å². The average Bonchev–Trinajstić information content (AvgIpc) is 2.81. The summed E-state index contributed by atoms with van der Waals surface area (Å²) in [6.07, 6.45) is 5.40. The lowest BCUT2D eigenvalue weighted by Crippen LogP contribution is -1.97. The minimum Gasteiger partial charge on any atom is -0.481 e. The Balaban J connectivity index is 1.90. The van der Waals surface area contributed by atoms with Crippen molar-refractivity contribution in [1.82, 2.24) is 0 Å². The molecule has 1 rings (SSSR count). The van der Waals surface area contributed by atoms with Crippen LogP contribution in [-0.2, 0) is 9.59 Å². The first-order valence-electron chi connectivity index (χ1n) is 5.53. The van der Waals surface area contributed by atoms with E-state index in [-0.39, 0.29) is 6.42 Å². The summed E-state index contributed by atoms with van der Waals surface area (Å²) >= 11 is 0. The second kappa shape index (κ2) is 5.73. The molecule has 0 heterocycles. The Kier molecular flexibility index (Phi) is 4.59. The van der Waals surface area contributed by atoms with E-state index in [0.717, 1.165) is 32.1 Å². The maximum atomic E-state index is 10.4. The van der Waals surface area contributed by atoms with Gasteiger partial charge in [-0.1, -0.05) is 19.3 Å². The van der Waals surface area contributed by atoms with Crippen molar-refractivity contribution < 1.29 is 19.8 Å². The van der Waals surface area contributed by atoms with Crippen molar-refractivity contribution in [3.63, 3.8) is 0 Å². The molecule has 2 unspecified atom stereocenters. The number of carboxylic acids is 2. The van der Waals surface area contributed by atoms with Gasteiger partial charge in [-0.2, -0.15) is 0 Å². The fourth-order valence-corrected chi connectivity index (χ4v) is 2.00. The van der Waals surface area contributed by atoms with Gasteiger partial charge in [0.05, 0.1) is 0 Å². The van der Waals surface area contributed by atoms with Crippen LogP contribution in [0.5, 0.6) is 0 Å². The van der Waals surface area contributed by atoms with Gasteiger partial charge in [-0.3, -0.25) is 9.59 Å². The fourth-order valence-electron chi connectivity index (χ4n) is 2.00. The number of unbranched alkanes of at least 4 members (excludes halogenated alkanes) is 2. The summed E-state index contributed by atoms with van der Waals surface area (Å²) in [4.78, 5) is 20.6. The van der Waals surface area contributed by atoms with Gasteiger partial charge in [0.25, 0.3) is 0 Å². The van der Waals surface area contributed by atoms with Gasteiger partial charge in [0.1, 0.15) is 0 Å². The molecule has 1 aliphatic carbocycles. The molecule has 0 aromatic carbocycles. The highest BCUT2D eigenvalue weighted by atomic mass is 16.4. The molecule has 4 heteroatoms. The summed E-state index contributed by atoms with van der Waals surface area (Å²) < 4.78 is 0. The topological polar surface area (TPSA) is 74.6 Å². The van der Waals surface area contributed by atoms with Crippen molar-refractivity contribution in [3.8, 4) is 0 Å². The van der Waals surface area contributed by atoms with E-state index in [4.69, 9.17) is 10.2 Å². The second-order valence-corrected chi connectivity index (χ2v) is 4.35. The van der Waals surface area contributed by atoms with E-state index in [1.807, 2.05) is 0 Å². The first-order chi connectivity index (χ1) is 7.09. The number of hydrogen-bond acceptors (Lipinski definition) is 2. The zero-order valence-corrected chi connectivity index (χ0v) is 8.82. The molecule has 0 spiro atoms. The van der Waals surface area contributed by atoms with Crippen LogP contribution < -0.4 is 0 Å². The maximum Gasteiger partial charge on any atom is 0.303 e. The van der Waals surface area contributed by atoms with E-state index in [1.165, 1.54) is 0 Å². The molecular formula is C11H18O4. The van der Waals surface area contributed by atoms with Gasteiger partial charge in [-0.15, -0.1) is 0 Å². The van der Waals surface area contributed by atoms with Crippen LogP contribution in [0.4, 0.5) is 0 Å². The molecule has 4 nitrogen and oxygen atoms in total. The summed E-state index contributed by atoms with van der Waals surface area (Å²) in [5, 5.41) is 17.0. The van der Waals surface area contributed by atoms with Crippen molar-refractivity contribution in [1.29, 1.82) is 0 Å². The van der Waals surface area contributed by atoms with E-state index in [1.54, 1.807) is 0 Å². The van der Waals surface area contributed by atoms with Crippen molar-refractivity contribution in [2.75, 3.05) is 0 Å². The number of hydrogen-bond donors (Lipinski definition) is 2. The molecule has 0 aromatic heterocycles. The molecule has 1 fully saturated rings. The highest BCUT2D eigenvalue weighted by Gasteiger charge is 2.37. The molecule has 86 valence electrons. The predicted octanol–water partition coefficient (Wildman–Crippen LogP) is 2.13. The lowest BCUT2D eigenvalue weighted by atomic mass is 10.1. The van der Waals surface area contributed by atoms with E-state index in [2.05, 4.69) is 0 Å². The Morgan fingerprint density at radius 3 is 2.33 bits per heavy atom. The minimum atomic E-state index is -0.731. The Morgan fingerprint density at radius 2 is 1.73 bits per heavy atom. The van der Waals surface area contributed by atoms with Crippen LogP contribution in [0.25, 0.3) is 0 Å². The Labute approximate surface area is 89.3 Å². The molecule has 0 radical (unpaired) electrons. The minimum absolute atomic E-state index is 0.253. The molecule has 0 amide bonds. The third-order valence-corrected chi connectivity index (χ3v) is 2.97. The van der Waals surface area contributed by atoms with E-state index >= 15 is 0 Å². The van der Waals surface area contributed by atoms with Gasteiger partial charge >= 0.3 is 11.9 Å². The largest absolute Gasteiger partial charge is 0.481 e. The van der Waals surface area contributed by atoms with E-state index in [9.17, 15) is 9.59 Å². The van der Waals surface area contributed by atoms with Gasteiger partial charge in [0.15, 0.2) is 0 Å². The van der Waals surface area contributed by atoms with Crippen LogP contribution in [-0.4, -0.2) is 22.2 Å². The van der Waals surface area contributed by atoms with Crippen LogP contribution in [0, 0.1) is 11.8 Å². The zero-order chi connectivity index (χ0) is 11.3. The Morgan fingerprint density at radius 1 is 1.00 bits per heavy atom. The number of rotatable bonds is 8. The highest BCUT2D eigenvalue weighted by molar-refractivity contribution is 5.67. The van der Waals surface area contributed by atoms with Crippen LogP contribution in [0.2, 0.25) is 0 Å². The van der Waals surface area contributed by atoms with Crippen molar-refractivity contribution in [2.45, 2.75) is 44.9 Å². The quantitative estimate of drug-likeness (QED) is 0.607. The Bertz CT molecular complexity index is 237. The van der Waals surface area contributed by atoms with Crippen LogP contribution in [0.1, 0.15) is 44.9 Å². The highest BCUT2D eigenvalue weighted by Crippen LogP contribution is 2.44. The molecule has 15 heavy (non-hydrogen) atoms. The molecule has 0 aliphatic heterocycles. The molecule has 1 saturated carbocycles. The summed E-state index contributed by atoms with van der Waals surface area (Å²) in [6.45, 7) is 0. The third-order valence-electron chi connectivity index (χ3n) is 2.97. The molecule has 0 aromatic rings. The summed E-state index contributed by atoms with van der Waals surface area (Å²) in [6, 6.07) is 0. The normalized spacial score (nSPS) is 23.7. The first-order valence-corrected chi connectivity index (χ1v) is 5.53. The van der Waals surface area contributed by atoms with E-state index in [0.29, 0.717) is 18.3 Å². The predicted molar refractivity (Wildman–Crippen MR) is 54.6 cm³/mol. The standard InChI is InChI=1S/C11H18O4/c12-10(13)5-3-1-2-4-8-6-9(8)7-11(14)15/h8-9H,1-7H2,(H,12,13)(H,14,15). The Hall–Kier alpha value is -1.06. The second-order valence-electron chi connectivity index (χ2n) is 4.35. The van der Waals surface area contributed by atoms with Crippen LogP contribution >= 0.6 is 0 Å². The van der Waals surface area contributed by atoms with Gasteiger partial charge in [-0.05, 0) is 24.7 Å². The van der Waals surface area contributed by atoms with E-state index < -0.39 is 11.9 Å². The lowest BCUT2D eigenvalue weighted by molar-refractivity contribution is -0.138. The molecular weight excluding hydrogens is 196 g/mol. The first kappa shape index (κ1) is 12.0. The number of carboxylic acid groups (broad SMARTS) is 2. The number of carbonyl (C=O) groups is 2. The fraction of sp³-hybridized carbons (Fsp3) is 0.818. The van der Waals surface area contributed by atoms with Crippen molar-refractivity contribution in [3.05, 3.63) is 0 Å². The van der Waals surface area contributed by atoms with Crippen molar-refractivity contribution in [2.24, 2.45) is 11.8 Å².